The molecule has 0 saturated heterocycles. The van der Waals surface area contributed by atoms with Crippen LogP contribution >= 0.6 is 11.8 Å². The highest BCUT2D eigenvalue weighted by Gasteiger charge is 2.15. The first-order valence-electron chi connectivity index (χ1n) is 13.0. The molecule has 9 nitrogen and oxygen atoms in total. The van der Waals surface area contributed by atoms with Crippen LogP contribution in [0, 0.1) is 0 Å². The normalized spacial score (nSPS) is 11.0. The summed E-state index contributed by atoms with van der Waals surface area (Å²) in [6.07, 6.45) is 1.53. The van der Waals surface area contributed by atoms with E-state index in [9.17, 15) is 9.59 Å². The Morgan fingerprint density at radius 3 is 2.45 bits per heavy atom. The van der Waals surface area contributed by atoms with Crippen LogP contribution < -0.4 is 25.2 Å². The number of benzene rings is 4. The molecule has 4 aromatic carbocycles. The summed E-state index contributed by atoms with van der Waals surface area (Å²) >= 11 is 1.15. The van der Waals surface area contributed by atoms with E-state index < -0.39 is 0 Å². The van der Waals surface area contributed by atoms with Crippen molar-refractivity contribution in [2.75, 3.05) is 20.0 Å². The second-order valence-electron chi connectivity index (χ2n) is 9.02. The third kappa shape index (κ3) is 6.79. The molecule has 1 amide bonds. The van der Waals surface area contributed by atoms with Gasteiger partial charge in [0.15, 0.2) is 16.7 Å². The molecule has 0 aliphatic rings. The van der Waals surface area contributed by atoms with Crippen LogP contribution in [0.5, 0.6) is 17.2 Å². The molecule has 0 radical (unpaired) electrons. The number of rotatable bonds is 11. The van der Waals surface area contributed by atoms with Crippen molar-refractivity contribution in [1.82, 2.24) is 15.0 Å². The maximum Gasteiger partial charge on any atom is 0.266 e. The molecule has 10 heteroatoms. The maximum absolute atomic E-state index is 13.4. The second kappa shape index (κ2) is 13.5. The van der Waals surface area contributed by atoms with E-state index in [0.29, 0.717) is 45.6 Å². The number of methoxy groups -OCH3 is 2. The Kier molecular flexibility index (Phi) is 9.15. The van der Waals surface area contributed by atoms with E-state index in [1.54, 1.807) is 68.8 Å². The third-order valence-corrected chi connectivity index (χ3v) is 7.17. The van der Waals surface area contributed by atoms with Gasteiger partial charge in [0.2, 0.25) is 0 Å². The molecule has 1 N–H and O–H groups in total. The van der Waals surface area contributed by atoms with Gasteiger partial charge in [-0.25, -0.2) is 10.4 Å². The molecule has 0 aliphatic carbocycles. The Morgan fingerprint density at radius 2 is 1.69 bits per heavy atom. The zero-order chi connectivity index (χ0) is 29.3. The summed E-state index contributed by atoms with van der Waals surface area (Å²) in [6.45, 7) is 0.385. The van der Waals surface area contributed by atoms with Crippen LogP contribution in [-0.4, -0.2) is 41.6 Å². The van der Waals surface area contributed by atoms with Crippen LogP contribution in [-0.2, 0) is 11.4 Å². The van der Waals surface area contributed by atoms with Gasteiger partial charge in [0, 0.05) is 0 Å². The van der Waals surface area contributed by atoms with E-state index in [2.05, 4.69) is 15.5 Å². The lowest BCUT2D eigenvalue weighted by atomic mass is 10.2. The van der Waals surface area contributed by atoms with Gasteiger partial charge >= 0.3 is 0 Å². The Hall–Kier alpha value is -5.09. The molecule has 5 aromatic rings. The second-order valence-corrected chi connectivity index (χ2v) is 9.96. The van der Waals surface area contributed by atoms with Gasteiger partial charge in [0.1, 0.15) is 12.4 Å². The maximum atomic E-state index is 13.4. The van der Waals surface area contributed by atoms with Crippen molar-refractivity contribution in [2.45, 2.75) is 11.8 Å². The SMILES string of the molecule is COc1ccc(-n2c(SCC(=O)N/N=C\c3ccc(OC)c(OCc4ccccc4)c3)nc3ccccc3c2=O)cc1. The average Bonchev–Trinajstić information content (AvgIpc) is 3.03. The Morgan fingerprint density at radius 1 is 0.929 bits per heavy atom. The lowest BCUT2D eigenvalue weighted by Gasteiger charge is -2.13. The van der Waals surface area contributed by atoms with Crippen LogP contribution in [0.15, 0.2) is 112 Å². The highest BCUT2D eigenvalue weighted by Crippen LogP contribution is 2.28. The number of aromatic nitrogens is 2. The summed E-state index contributed by atoms with van der Waals surface area (Å²) in [6, 6.07) is 29.4. The van der Waals surface area contributed by atoms with E-state index in [1.807, 2.05) is 42.5 Å². The summed E-state index contributed by atoms with van der Waals surface area (Å²) in [5.74, 6) is 1.46. The lowest BCUT2D eigenvalue weighted by molar-refractivity contribution is -0.118. The molecular weight excluding hydrogens is 552 g/mol. The summed E-state index contributed by atoms with van der Waals surface area (Å²) in [5.41, 5.74) is 5.23. The van der Waals surface area contributed by atoms with E-state index in [1.165, 1.54) is 10.8 Å². The average molecular weight is 581 g/mol. The number of fused-ring (bicyclic) bond motifs is 1. The van der Waals surface area contributed by atoms with Gasteiger partial charge in [-0.1, -0.05) is 54.2 Å². The first-order chi connectivity index (χ1) is 20.6. The van der Waals surface area contributed by atoms with E-state index in [-0.39, 0.29) is 17.2 Å². The Bertz CT molecular complexity index is 1770. The van der Waals surface area contributed by atoms with Crippen molar-refractivity contribution in [3.63, 3.8) is 0 Å². The molecule has 1 aromatic heterocycles. The molecule has 42 heavy (non-hydrogen) atoms. The summed E-state index contributed by atoms with van der Waals surface area (Å²) in [4.78, 5) is 30.8. The first-order valence-corrected chi connectivity index (χ1v) is 14.0. The number of para-hydroxylation sites is 1. The number of amides is 1. The fraction of sp³-hybridized carbons (Fsp3) is 0.125. The van der Waals surface area contributed by atoms with Crippen molar-refractivity contribution >= 4 is 34.8 Å². The molecule has 0 atom stereocenters. The summed E-state index contributed by atoms with van der Waals surface area (Å²) < 4.78 is 18.1. The number of carbonyl (C=O) groups excluding carboxylic acids is 1. The van der Waals surface area contributed by atoms with E-state index in [0.717, 1.165) is 22.9 Å². The molecule has 1 heterocycles. The van der Waals surface area contributed by atoms with Crippen molar-refractivity contribution in [1.29, 1.82) is 0 Å². The summed E-state index contributed by atoms with van der Waals surface area (Å²) in [5, 5.41) is 4.97. The molecule has 0 fully saturated rings. The molecule has 5 rings (SSSR count). The van der Waals surface area contributed by atoms with Crippen LogP contribution in [0.1, 0.15) is 11.1 Å². The van der Waals surface area contributed by atoms with Gasteiger partial charge in [-0.15, -0.1) is 0 Å². The molecule has 0 aliphatic heterocycles. The zero-order valence-electron chi connectivity index (χ0n) is 23.0. The van der Waals surface area contributed by atoms with Gasteiger partial charge < -0.3 is 14.2 Å². The number of nitrogens with zero attached hydrogens (tertiary/aromatic N) is 3. The van der Waals surface area contributed by atoms with Gasteiger partial charge in [-0.05, 0) is 65.7 Å². The summed E-state index contributed by atoms with van der Waals surface area (Å²) in [7, 11) is 3.16. The smallest absolute Gasteiger partial charge is 0.266 e. The van der Waals surface area contributed by atoms with E-state index >= 15 is 0 Å². The molecule has 0 saturated carbocycles. The van der Waals surface area contributed by atoms with Gasteiger partial charge in [-0.3, -0.25) is 14.2 Å². The topological polar surface area (TPSA) is 104 Å². The highest BCUT2D eigenvalue weighted by atomic mass is 32.2. The Balaban J connectivity index is 1.27. The van der Waals surface area contributed by atoms with Gasteiger partial charge in [0.25, 0.3) is 11.5 Å². The number of hydrazone groups is 1. The van der Waals surface area contributed by atoms with Crippen molar-refractivity contribution < 1.29 is 19.0 Å². The monoisotopic (exact) mass is 580 g/mol. The standard InChI is InChI=1S/C32H28N4O5S/c1-39-25-15-13-24(14-16-25)36-31(38)26-10-6-7-11-27(26)34-32(36)42-21-30(37)35-33-19-23-12-17-28(40-2)29(18-23)41-20-22-8-4-3-5-9-22/h3-19H,20-21H2,1-2H3,(H,35,37)/b33-19-. The van der Waals surface area contributed by atoms with Crippen molar-refractivity contribution in [3.05, 3.63) is 119 Å². The number of thioether (sulfide) groups is 1. The molecular formula is C32H28N4O5S. The number of hydrogen-bond acceptors (Lipinski definition) is 8. The van der Waals surface area contributed by atoms with E-state index in [4.69, 9.17) is 14.2 Å². The third-order valence-electron chi connectivity index (χ3n) is 6.24. The quantitative estimate of drug-likeness (QED) is 0.0988. The molecule has 0 unspecified atom stereocenters. The van der Waals surface area contributed by atoms with Gasteiger partial charge in [0.05, 0.1) is 42.8 Å². The van der Waals surface area contributed by atoms with Crippen molar-refractivity contribution in [2.24, 2.45) is 5.10 Å². The Labute approximate surface area is 246 Å². The van der Waals surface area contributed by atoms with Crippen molar-refractivity contribution in [3.8, 4) is 22.9 Å². The fourth-order valence-electron chi connectivity index (χ4n) is 4.13. The minimum atomic E-state index is -0.353. The largest absolute Gasteiger partial charge is 0.497 e. The number of nitrogens with one attached hydrogen (secondary N) is 1. The number of carbonyl (C=O) groups is 1. The zero-order valence-corrected chi connectivity index (χ0v) is 23.8. The van der Waals surface area contributed by atoms with Crippen LogP contribution in [0.25, 0.3) is 16.6 Å². The predicted molar refractivity (Wildman–Crippen MR) is 164 cm³/mol. The number of ether oxygens (including phenoxy) is 3. The minimum Gasteiger partial charge on any atom is -0.497 e. The van der Waals surface area contributed by atoms with Crippen LogP contribution in [0.2, 0.25) is 0 Å². The molecule has 0 bridgehead atoms. The van der Waals surface area contributed by atoms with Crippen LogP contribution in [0.4, 0.5) is 0 Å². The fourth-order valence-corrected chi connectivity index (χ4v) is 4.94. The number of hydrogen-bond donors (Lipinski definition) is 1. The van der Waals surface area contributed by atoms with Crippen LogP contribution in [0.3, 0.4) is 0 Å². The predicted octanol–water partition coefficient (Wildman–Crippen LogP) is 5.22. The first kappa shape index (κ1) is 28.4. The van der Waals surface area contributed by atoms with Gasteiger partial charge in [-0.2, -0.15) is 5.10 Å². The molecule has 212 valence electrons. The minimum absolute atomic E-state index is 0.00761. The highest BCUT2D eigenvalue weighted by molar-refractivity contribution is 7.99. The molecule has 0 spiro atoms. The lowest BCUT2D eigenvalue weighted by Crippen LogP contribution is -2.24.